The Balaban J connectivity index is 2.11. The van der Waals surface area contributed by atoms with E-state index in [0.29, 0.717) is 6.54 Å². The summed E-state index contributed by atoms with van der Waals surface area (Å²) < 4.78 is 0. The lowest BCUT2D eigenvalue weighted by Gasteiger charge is -2.30. The van der Waals surface area contributed by atoms with Crippen LogP contribution >= 0.6 is 0 Å². The topological polar surface area (TPSA) is 55.8 Å². The maximum absolute atomic E-state index is 11.7. The number of hydrogen-bond acceptors (Lipinski definition) is 3. The number of hydrogen-bond donors (Lipinski definition) is 2. The van der Waals surface area contributed by atoms with Crippen molar-refractivity contribution in [1.29, 1.82) is 0 Å². The number of aliphatic hydroxyl groups is 1. The number of amides is 2. The van der Waals surface area contributed by atoms with Crippen molar-refractivity contribution in [3.63, 3.8) is 0 Å². The number of urea groups is 1. The predicted octanol–water partition coefficient (Wildman–Crippen LogP) is 1.13. The summed E-state index contributed by atoms with van der Waals surface area (Å²) in [6, 6.07) is -0.239. The largest absolute Gasteiger partial charge is 0.394 e. The molecule has 0 aliphatic carbocycles. The zero-order valence-corrected chi connectivity index (χ0v) is 12.6. The van der Waals surface area contributed by atoms with Crippen molar-refractivity contribution >= 4 is 6.03 Å². The monoisotopic (exact) mass is 271 g/mol. The number of nitrogens with one attached hydrogen (secondary N) is 1. The number of aliphatic hydroxyl groups excluding tert-OH is 1. The lowest BCUT2D eigenvalue weighted by Crippen LogP contribution is -2.44. The predicted molar refractivity (Wildman–Crippen MR) is 77.2 cm³/mol. The minimum absolute atomic E-state index is 0.00438. The van der Waals surface area contributed by atoms with Crippen LogP contribution in [0.5, 0.6) is 0 Å². The van der Waals surface area contributed by atoms with E-state index < -0.39 is 0 Å². The summed E-state index contributed by atoms with van der Waals surface area (Å²) in [5, 5.41) is 11.9. The van der Waals surface area contributed by atoms with Gasteiger partial charge in [0.25, 0.3) is 0 Å². The van der Waals surface area contributed by atoms with Crippen LogP contribution in [0.2, 0.25) is 0 Å². The minimum atomic E-state index is -0.136. The van der Waals surface area contributed by atoms with Crippen molar-refractivity contribution in [2.45, 2.75) is 39.2 Å². The van der Waals surface area contributed by atoms with E-state index in [9.17, 15) is 4.79 Å². The van der Waals surface area contributed by atoms with E-state index in [-0.39, 0.29) is 18.7 Å². The summed E-state index contributed by atoms with van der Waals surface area (Å²) in [7, 11) is 1.71. The lowest BCUT2D eigenvalue weighted by molar-refractivity contribution is 0.155. The third-order valence-electron chi connectivity index (χ3n) is 3.91. The van der Waals surface area contributed by atoms with Gasteiger partial charge in [-0.25, -0.2) is 4.79 Å². The number of likely N-dealkylation sites (tertiary alicyclic amines) is 1. The van der Waals surface area contributed by atoms with Gasteiger partial charge in [-0.05, 0) is 45.2 Å². The summed E-state index contributed by atoms with van der Waals surface area (Å²) in [6.45, 7) is 8.27. The molecule has 1 saturated heterocycles. The Bertz CT molecular complexity index is 273. The second-order valence-electron chi connectivity index (χ2n) is 5.78. The minimum Gasteiger partial charge on any atom is -0.394 e. The smallest absolute Gasteiger partial charge is 0.317 e. The van der Waals surface area contributed by atoms with Gasteiger partial charge in [0.05, 0.1) is 12.6 Å². The van der Waals surface area contributed by atoms with Gasteiger partial charge in [0.15, 0.2) is 0 Å². The Hall–Kier alpha value is -0.810. The Morgan fingerprint density at radius 3 is 2.95 bits per heavy atom. The molecule has 5 nitrogen and oxygen atoms in total. The van der Waals surface area contributed by atoms with Crippen molar-refractivity contribution < 1.29 is 9.90 Å². The molecule has 2 amide bonds. The maximum atomic E-state index is 11.7. The maximum Gasteiger partial charge on any atom is 0.317 e. The molecule has 0 radical (unpaired) electrons. The Morgan fingerprint density at radius 2 is 2.32 bits per heavy atom. The number of rotatable bonds is 6. The quantitative estimate of drug-likeness (QED) is 0.712. The molecule has 112 valence electrons. The summed E-state index contributed by atoms with van der Waals surface area (Å²) >= 11 is 0. The van der Waals surface area contributed by atoms with Gasteiger partial charge in [0.1, 0.15) is 0 Å². The van der Waals surface area contributed by atoms with Crippen molar-refractivity contribution in [1.82, 2.24) is 15.1 Å². The normalized spacial score (nSPS) is 22.0. The van der Waals surface area contributed by atoms with E-state index in [1.165, 1.54) is 25.9 Å². The van der Waals surface area contributed by atoms with Crippen LogP contribution in [0.4, 0.5) is 4.79 Å². The van der Waals surface area contributed by atoms with Crippen LogP contribution in [0.25, 0.3) is 0 Å². The molecule has 19 heavy (non-hydrogen) atoms. The van der Waals surface area contributed by atoms with Gasteiger partial charge in [-0.15, -0.1) is 0 Å². The molecule has 0 aromatic heterocycles. The molecule has 2 unspecified atom stereocenters. The average Bonchev–Trinajstić information content (AvgIpc) is 2.41. The third kappa shape index (κ3) is 5.78. The molecule has 2 N–H and O–H groups in total. The first-order valence-electron chi connectivity index (χ1n) is 7.38. The molecule has 0 spiro atoms. The molecule has 1 heterocycles. The Kier molecular flexibility index (Phi) is 7.16. The fourth-order valence-electron chi connectivity index (χ4n) is 2.44. The van der Waals surface area contributed by atoms with Crippen LogP contribution in [0.3, 0.4) is 0 Å². The first kappa shape index (κ1) is 16.2. The molecule has 0 saturated carbocycles. The second kappa shape index (κ2) is 8.38. The summed E-state index contributed by atoms with van der Waals surface area (Å²) in [5.41, 5.74) is 0. The van der Waals surface area contributed by atoms with Gasteiger partial charge < -0.3 is 20.2 Å². The summed E-state index contributed by atoms with van der Waals surface area (Å²) in [6.07, 6.45) is 3.63. The molecule has 1 rings (SSSR count). The average molecular weight is 271 g/mol. The molecule has 1 aliphatic rings. The summed E-state index contributed by atoms with van der Waals surface area (Å²) in [5.74, 6) is 0.805. The lowest BCUT2D eigenvalue weighted by atomic mass is 10.0. The molecular weight excluding hydrogens is 242 g/mol. The number of carbonyl (C=O) groups is 1. The molecular formula is C14H29N3O2. The number of likely N-dealkylation sites (N-methyl/N-ethyl adjacent to an activating group) is 1. The Labute approximate surface area is 117 Å². The molecule has 0 bridgehead atoms. The highest BCUT2D eigenvalue weighted by Crippen LogP contribution is 2.15. The molecule has 1 fully saturated rings. The van der Waals surface area contributed by atoms with E-state index in [1.54, 1.807) is 11.9 Å². The van der Waals surface area contributed by atoms with Crippen LogP contribution in [-0.4, -0.2) is 66.8 Å². The standard InChI is InChI=1S/C14H29N3O2/c1-12-6-4-8-17(10-12)9-5-7-15-14(19)16(3)13(2)11-18/h12-13,18H,4-11H2,1-3H3,(H,15,19). The molecule has 1 aliphatic heterocycles. The zero-order chi connectivity index (χ0) is 14.3. The summed E-state index contributed by atoms with van der Waals surface area (Å²) in [4.78, 5) is 15.8. The van der Waals surface area contributed by atoms with E-state index in [2.05, 4.69) is 17.1 Å². The van der Waals surface area contributed by atoms with Crippen LogP contribution in [0, 0.1) is 5.92 Å². The van der Waals surface area contributed by atoms with Crippen molar-refractivity contribution in [3.8, 4) is 0 Å². The first-order chi connectivity index (χ1) is 9.04. The van der Waals surface area contributed by atoms with Crippen LogP contribution in [-0.2, 0) is 0 Å². The van der Waals surface area contributed by atoms with Gasteiger partial charge in [-0.1, -0.05) is 6.92 Å². The molecule has 0 aromatic carbocycles. The highest BCUT2D eigenvalue weighted by Gasteiger charge is 2.16. The van der Waals surface area contributed by atoms with Gasteiger partial charge >= 0.3 is 6.03 Å². The van der Waals surface area contributed by atoms with Gasteiger partial charge in [-0.3, -0.25) is 0 Å². The fourth-order valence-corrected chi connectivity index (χ4v) is 2.44. The van der Waals surface area contributed by atoms with Crippen molar-refractivity contribution in [3.05, 3.63) is 0 Å². The SMILES string of the molecule is CC1CCCN(CCCNC(=O)N(C)C(C)CO)C1. The third-order valence-corrected chi connectivity index (χ3v) is 3.91. The molecule has 0 aromatic rings. The van der Waals surface area contributed by atoms with E-state index in [4.69, 9.17) is 5.11 Å². The number of carbonyl (C=O) groups excluding carboxylic acids is 1. The fraction of sp³-hybridized carbons (Fsp3) is 0.929. The molecule has 2 atom stereocenters. The first-order valence-corrected chi connectivity index (χ1v) is 7.38. The van der Waals surface area contributed by atoms with Gasteiger partial charge in [-0.2, -0.15) is 0 Å². The highest BCUT2D eigenvalue weighted by molar-refractivity contribution is 5.74. The Morgan fingerprint density at radius 1 is 1.58 bits per heavy atom. The second-order valence-corrected chi connectivity index (χ2v) is 5.78. The number of piperidine rings is 1. The van der Waals surface area contributed by atoms with Gasteiger partial charge in [0.2, 0.25) is 0 Å². The van der Waals surface area contributed by atoms with E-state index in [1.807, 2.05) is 6.92 Å². The van der Waals surface area contributed by atoms with E-state index in [0.717, 1.165) is 18.9 Å². The highest BCUT2D eigenvalue weighted by atomic mass is 16.3. The van der Waals surface area contributed by atoms with Crippen LogP contribution < -0.4 is 5.32 Å². The number of nitrogens with zero attached hydrogens (tertiary/aromatic N) is 2. The van der Waals surface area contributed by atoms with Crippen LogP contribution in [0.1, 0.15) is 33.1 Å². The molecule has 5 heteroatoms. The van der Waals surface area contributed by atoms with Crippen molar-refractivity contribution in [2.24, 2.45) is 5.92 Å². The van der Waals surface area contributed by atoms with E-state index >= 15 is 0 Å². The zero-order valence-electron chi connectivity index (χ0n) is 12.6. The van der Waals surface area contributed by atoms with Crippen LogP contribution in [0.15, 0.2) is 0 Å². The van der Waals surface area contributed by atoms with Gasteiger partial charge in [0, 0.05) is 20.1 Å². The van der Waals surface area contributed by atoms with Crippen molar-refractivity contribution in [2.75, 3.05) is 39.8 Å².